The number of aldehydes is 1. The smallest absolute Gasteiger partial charge is 0.311 e. The van der Waals surface area contributed by atoms with Gasteiger partial charge in [-0.25, -0.2) is 0 Å². The van der Waals surface area contributed by atoms with Crippen molar-refractivity contribution in [3.8, 4) is 0 Å². The number of aromatic nitrogens is 1. The van der Waals surface area contributed by atoms with Crippen LogP contribution in [0.2, 0.25) is 0 Å². The van der Waals surface area contributed by atoms with Gasteiger partial charge in [-0.2, -0.15) is 0 Å². The molecule has 1 fully saturated rings. The molecular weight excluding hydrogens is 302 g/mol. The zero-order valence-corrected chi connectivity index (χ0v) is 11.2. The molecule has 1 saturated heterocycles. The summed E-state index contributed by atoms with van der Waals surface area (Å²) in [5.41, 5.74) is 0.380. The number of halogens is 1. The Hall–Kier alpha value is -1.50. The van der Waals surface area contributed by atoms with E-state index in [0.717, 1.165) is 25.5 Å². The van der Waals surface area contributed by atoms with Crippen LogP contribution in [0.4, 0.5) is 11.4 Å². The van der Waals surface area contributed by atoms with Crippen LogP contribution in [0.25, 0.3) is 0 Å². The standard InChI is InChI=1S/C11H12BrN3O3/c12-9-5-13-6-10(15(17)18)11(9)14-4-2-1-3-8(14)7-16/h5-8H,1-4H2. The van der Waals surface area contributed by atoms with E-state index in [1.54, 1.807) is 4.90 Å². The van der Waals surface area contributed by atoms with E-state index in [4.69, 9.17) is 0 Å². The Morgan fingerprint density at radius 1 is 1.50 bits per heavy atom. The molecule has 0 aromatic carbocycles. The van der Waals surface area contributed by atoms with Crippen LogP contribution in [0.15, 0.2) is 16.9 Å². The largest absolute Gasteiger partial charge is 0.355 e. The molecule has 0 spiro atoms. The fraction of sp³-hybridized carbons (Fsp3) is 0.455. The lowest BCUT2D eigenvalue weighted by Crippen LogP contribution is -2.41. The quantitative estimate of drug-likeness (QED) is 0.486. The van der Waals surface area contributed by atoms with Gasteiger partial charge in [-0.3, -0.25) is 15.1 Å². The van der Waals surface area contributed by atoms with Crippen LogP contribution in [0.1, 0.15) is 19.3 Å². The van der Waals surface area contributed by atoms with Crippen molar-refractivity contribution in [3.05, 3.63) is 27.0 Å². The highest BCUT2D eigenvalue weighted by atomic mass is 79.9. The normalized spacial score (nSPS) is 19.6. The van der Waals surface area contributed by atoms with Gasteiger partial charge in [0.15, 0.2) is 0 Å². The Morgan fingerprint density at radius 3 is 2.94 bits per heavy atom. The molecule has 2 rings (SSSR count). The molecule has 0 radical (unpaired) electrons. The van der Waals surface area contributed by atoms with Crippen LogP contribution in [0, 0.1) is 10.1 Å². The van der Waals surface area contributed by atoms with Crippen molar-refractivity contribution in [2.24, 2.45) is 0 Å². The molecule has 7 heteroatoms. The van der Waals surface area contributed by atoms with Crippen molar-refractivity contribution in [3.63, 3.8) is 0 Å². The van der Waals surface area contributed by atoms with Crippen LogP contribution in [0.3, 0.4) is 0 Å². The highest BCUT2D eigenvalue weighted by Gasteiger charge is 2.29. The first kappa shape index (κ1) is 12.9. The van der Waals surface area contributed by atoms with E-state index in [1.165, 1.54) is 12.4 Å². The van der Waals surface area contributed by atoms with E-state index in [1.807, 2.05) is 0 Å². The number of carbonyl (C=O) groups excluding carboxylic acids is 1. The molecule has 0 N–H and O–H groups in total. The molecule has 1 aromatic rings. The van der Waals surface area contributed by atoms with Crippen molar-refractivity contribution in [1.82, 2.24) is 4.98 Å². The number of pyridine rings is 1. The van der Waals surface area contributed by atoms with Gasteiger partial charge in [0.25, 0.3) is 0 Å². The van der Waals surface area contributed by atoms with Crippen molar-refractivity contribution in [2.75, 3.05) is 11.4 Å². The molecule has 1 aliphatic rings. The summed E-state index contributed by atoms with van der Waals surface area (Å²) in [6, 6.07) is -0.295. The van der Waals surface area contributed by atoms with E-state index >= 15 is 0 Å². The van der Waals surface area contributed by atoms with E-state index in [9.17, 15) is 14.9 Å². The molecule has 0 amide bonds. The fourth-order valence-corrected chi connectivity index (χ4v) is 2.76. The molecule has 0 bridgehead atoms. The molecule has 1 atom stereocenters. The molecule has 18 heavy (non-hydrogen) atoms. The minimum Gasteiger partial charge on any atom is -0.355 e. The Balaban J connectivity index is 2.48. The average molecular weight is 314 g/mol. The second kappa shape index (κ2) is 5.43. The summed E-state index contributed by atoms with van der Waals surface area (Å²) in [6.45, 7) is 0.646. The lowest BCUT2D eigenvalue weighted by Gasteiger charge is -2.34. The van der Waals surface area contributed by atoms with Gasteiger partial charge >= 0.3 is 5.69 Å². The van der Waals surface area contributed by atoms with Crippen LogP contribution in [-0.2, 0) is 4.79 Å². The summed E-state index contributed by atoms with van der Waals surface area (Å²) in [7, 11) is 0. The number of hydrogen-bond acceptors (Lipinski definition) is 5. The highest BCUT2D eigenvalue weighted by molar-refractivity contribution is 9.10. The summed E-state index contributed by atoms with van der Waals surface area (Å²) in [5.74, 6) is 0. The van der Waals surface area contributed by atoms with E-state index in [0.29, 0.717) is 16.7 Å². The third kappa shape index (κ3) is 2.35. The maximum absolute atomic E-state index is 11.1. The van der Waals surface area contributed by atoms with Gasteiger partial charge in [0, 0.05) is 12.7 Å². The molecule has 1 aromatic heterocycles. The predicted octanol–water partition coefficient (Wildman–Crippen LogP) is 2.31. The zero-order chi connectivity index (χ0) is 13.1. The van der Waals surface area contributed by atoms with Crippen LogP contribution in [0.5, 0.6) is 0 Å². The van der Waals surface area contributed by atoms with Gasteiger partial charge in [0.05, 0.1) is 15.4 Å². The second-order valence-electron chi connectivity index (χ2n) is 4.14. The monoisotopic (exact) mass is 313 g/mol. The average Bonchev–Trinajstić information content (AvgIpc) is 2.38. The van der Waals surface area contributed by atoms with Gasteiger partial charge in [0.1, 0.15) is 18.2 Å². The zero-order valence-electron chi connectivity index (χ0n) is 9.58. The number of rotatable bonds is 3. The summed E-state index contributed by atoms with van der Waals surface area (Å²) in [5, 5.41) is 11.0. The molecule has 1 unspecified atom stereocenters. The summed E-state index contributed by atoms with van der Waals surface area (Å²) in [4.78, 5) is 27.3. The Bertz CT molecular complexity index is 481. The lowest BCUT2D eigenvalue weighted by atomic mass is 10.0. The minimum atomic E-state index is -0.469. The van der Waals surface area contributed by atoms with Gasteiger partial charge in [-0.15, -0.1) is 0 Å². The SMILES string of the molecule is O=CC1CCCCN1c1c(Br)cncc1[N+](=O)[O-]. The molecule has 0 saturated carbocycles. The minimum absolute atomic E-state index is 0.0712. The first-order chi connectivity index (χ1) is 8.65. The van der Waals surface area contributed by atoms with E-state index in [-0.39, 0.29) is 11.7 Å². The molecular formula is C11H12BrN3O3. The van der Waals surface area contributed by atoms with Gasteiger partial charge in [-0.05, 0) is 35.2 Å². The number of nitrogens with zero attached hydrogens (tertiary/aromatic N) is 3. The second-order valence-corrected chi connectivity index (χ2v) is 4.99. The van der Waals surface area contributed by atoms with E-state index < -0.39 is 4.92 Å². The van der Waals surface area contributed by atoms with Gasteiger partial charge < -0.3 is 9.69 Å². The lowest BCUT2D eigenvalue weighted by molar-refractivity contribution is -0.384. The van der Waals surface area contributed by atoms with Crippen molar-refractivity contribution in [2.45, 2.75) is 25.3 Å². The summed E-state index contributed by atoms with van der Waals surface area (Å²) < 4.78 is 0.547. The third-order valence-electron chi connectivity index (χ3n) is 3.04. The van der Waals surface area contributed by atoms with Crippen molar-refractivity contribution in [1.29, 1.82) is 0 Å². The molecule has 1 aliphatic heterocycles. The van der Waals surface area contributed by atoms with Crippen LogP contribution >= 0.6 is 15.9 Å². The summed E-state index contributed by atoms with van der Waals surface area (Å²) in [6.07, 6.45) is 6.22. The maximum Gasteiger partial charge on any atom is 0.311 e. The van der Waals surface area contributed by atoms with Crippen LogP contribution in [-0.4, -0.2) is 28.8 Å². The molecule has 96 valence electrons. The van der Waals surface area contributed by atoms with Crippen LogP contribution < -0.4 is 4.90 Å². The third-order valence-corrected chi connectivity index (χ3v) is 3.62. The number of nitro groups is 1. The molecule has 6 nitrogen and oxygen atoms in total. The first-order valence-electron chi connectivity index (χ1n) is 5.65. The topological polar surface area (TPSA) is 76.3 Å². The van der Waals surface area contributed by atoms with Crippen molar-refractivity contribution >= 4 is 33.6 Å². The highest BCUT2D eigenvalue weighted by Crippen LogP contribution is 2.37. The Kier molecular flexibility index (Phi) is 3.90. The molecule has 0 aliphatic carbocycles. The number of piperidine rings is 1. The molecule has 2 heterocycles. The number of anilines is 1. The van der Waals surface area contributed by atoms with E-state index in [2.05, 4.69) is 20.9 Å². The first-order valence-corrected chi connectivity index (χ1v) is 6.44. The maximum atomic E-state index is 11.1. The van der Waals surface area contributed by atoms with Gasteiger partial charge in [-0.1, -0.05) is 0 Å². The fourth-order valence-electron chi connectivity index (χ4n) is 2.21. The van der Waals surface area contributed by atoms with Crippen molar-refractivity contribution < 1.29 is 9.72 Å². The van der Waals surface area contributed by atoms with Gasteiger partial charge in [0.2, 0.25) is 0 Å². The predicted molar refractivity (Wildman–Crippen MR) is 69.6 cm³/mol. The number of hydrogen-bond donors (Lipinski definition) is 0. The summed E-state index contributed by atoms with van der Waals surface area (Å²) >= 11 is 3.28. The Morgan fingerprint density at radius 2 is 2.28 bits per heavy atom. The number of carbonyl (C=O) groups is 1. The Labute approximate surface area is 112 Å².